The van der Waals surface area contributed by atoms with E-state index in [1.165, 1.54) is 54.1 Å². The molecule has 7 rings (SSSR count). The first-order valence-corrected chi connectivity index (χ1v) is 18.6. The van der Waals surface area contributed by atoms with Crippen molar-refractivity contribution in [3.05, 3.63) is 76.6 Å². The molecule has 0 fully saturated rings. The number of aliphatic hydroxyl groups excluding tert-OH is 1. The Hall–Kier alpha value is -2.95. The Balaban J connectivity index is 0.000000234. The molecule has 1 N–H and O–H groups in total. The van der Waals surface area contributed by atoms with Crippen LogP contribution in [0.2, 0.25) is 0 Å². The van der Waals surface area contributed by atoms with E-state index in [9.17, 15) is 9.90 Å². The maximum atomic E-state index is 11.7. The molecule has 5 aromatic heterocycles. The minimum Gasteiger partial charge on any atom is 0 e. The Morgan fingerprint density at radius 2 is 1.62 bits per heavy atom. The summed E-state index contributed by atoms with van der Waals surface area (Å²) in [6.45, 7) is 17.3. The van der Waals surface area contributed by atoms with E-state index in [4.69, 9.17) is 4.98 Å². The molecular weight excluding hydrogens is 826 g/mol. The average molecular weight is 872 g/mol. The number of rotatable bonds is 8. The molecule has 7 aromatic rings. The van der Waals surface area contributed by atoms with Gasteiger partial charge in [-0.05, 0) is 25.7 Å². The van der Waals surface area contributed by atoms with Crippen molar-refractivity contribution >= 4 is 73.9 Å². The van der Waals surface area contributed by atoms with Gasteiger partial charge >= 0.3 is 186 Å². The van der Waals surface area contributed by atoms with Gasteiger partial charge in [0.15, 0.2) is 5.78 Å². The average Bonchev–Trinajstić information content (AvgIpc) is 3.68. The van der Waals surface area contributed by atoms with Gasteiger partial charge in [-0.15, -0.1) is 0 Å². The monoisotopic (exact) mass is 873 g/mol. The second-order valence-electron chi connectivity index (χ2n) is 13.9. The largest absolute Gasteiger partial charge is 0 e. The third kappa shape index (κ3) is 6.10. The molecule has 0 aliphatic rings. The number of nitrogens with zero attached hydrogens (tertiary/aromatic N) is 3. The molecule has 2 aromatic carbocycles. The molecule has 0 saturated carbocycles. The summed E-state index contributed by atoms with van der Waals surface area (Å²) in [5, 5.41) is 15.0. The summed E-state index contributed by atoms with van der Waals surface area (Å²) in [5.41, 5.74) is 7.71. The topological polar surface area (TPSA) is 59.0 Å². The van der Waals surface area contributed by atoms with Crippen LogP contribution in [0.5, 0.6) is 0 Å². The van der Waals surface area contributed by atoms with E-state index >= 15 is 0 Å². The summed E-state index contributed by atoms with van der Waals surface area (Å²) in [6.07, 6.45) is 8.09. The van der Waals surface area contributed by atoms with E-state index in [-0.39, 0.29) is 48.9 Å². The zero-order valence-electron chi connectivity index (χ0n) is 28.8. The van der Waals surface area contributed by atoms with E-state index < -0.39 is 0 Å². The van der Waals surface area contributed by atoms with Crippen molar-refractivity contribution in [2.45, 2.75) is 87.5 Å². The molecule has 1 radical (unpaired) electrons. The SMILES string of the molecule is CCC(CC)C(=O)/C=C(\O)C(CC)CC.Cc1cnc2c3c1[se]c(CC(C)(C)C)c3n1c3ccccc3c3c4ccc[c-]c4n2c31.[Ir]. The third-order valence-electron chi connectivity index (χ3n) is 9.51. The van der Waals surface area contributed by atoms with Crippen LogP contribution in [0.3, 0.4) is 0 Å². The van der Waals surface area contributed by atoms with Gasteiger partial charge in [-0.3, -0.25) is 4.79 Å². The second-order valence-corrected chi connectivity index (χ2v) is 16.2. The molecule has 0 amide bonds. The van der Waals surface area contributed by atoms with Crippen LogP contribution in [0.1, 0.15) is 84.2 Å². The number of ketones is 1. The van der Waals surface area contributed by atoms with Crippen LogP contribution in [0.15, 0.2) is 60.5 Å². The summed E-state index contributed by atoms with van der Waals surface area (Å²) in [7, 11) is 0. The van der Waals surface area contributed by atoms with Crippen LogP contribution in [0.25, 0.3) is 53.6 Å². The van der Waals surface area contributed by atoms with Gasteiger partial charge < -0.3 is 5.11 Å². The van der Waals surface area contributed by atoms with Crippen molar-refractivity contribution in [3.63, 3.8) is 0 Å². The van der Waals surface area contributed by atoms with Gasteiger partial charge in [-0.2, -0.15) is 0 Å². The normalized spacial score (nSPS) is 12.8. The molecule has 0 unspecified atom stereocenters. The number of pyridine rings is 1. The van der Waals surface area contributed by atoms with E-state index in [2.05, 4.69) is 85.2 Å². The second kappa shape index (κ2) is 13.9. The van der Waals surface area contributed by atoms with Crippen LogP contribution in [-0.2, 0) is 31.3 Å². The maximum Gasteiger partial charge on any atom is 0 e. The zero-order valence-corrected chi connectivity index (χ0v) is 32.9. The fourth-order valence-electron chi connectivity index (χ4n) is 7.08. The van der Waals surface area contributed by atoms with Gasteiger partial charge in [0.05, 0.1) is 5.76 Å². The number of carbonyl (C=O) groups excluding carboxylic acids is 1. The Morgan fingerprint density at radius 1 is 0.957 bits per heavy atom. The Morgan fingerprint density at radius 3 is 2.28 bits per heavy atom. The predicted octanol–water partition coefficient (Wildman–Crippen LogP) is 10.3. The van der Waals surface area contributed by atoms with Crippen LogP contribution in [0.4, 0.5) is 0 Å². The van der Waals surface area contributed by atoms with Gasteiger partial charge in [0, 0.05) is 38.0 Å². The minimum absolute atomic E-state index is 0. The number of aryl methyl sites for hydroxylation is 1. The minimum atomic E-state index is 0. The van der Waals surface area contributed by atoms with Gasteiger partial charge in [0.1, 0.15) is 0 Å². The molecule has 0 aliphatic heterocycles. The fraction of sp³-hybridized carbons (Fsp3) is 0.400. The first kappa shape index (κ1) is 35.4. The standard InChI is InChI=1S/C27H22N3Se.C13H24O2.Ir/c1-15-14-28-25-22-23(20(31-24(15)22)13-27(2,3)4)29-18-11-7-5-9-16(18)21-17-10-6-8-12-19(17)30(25)26(21)29;1-5-10(6-2)12(14)9-13(15)11(7-3)8-4;/h5-11,14H,13H2,1-4H3;9-11,14H,5-8H2,1-4H3;/q-1;;/b;12-9-;. The Labute approximate surface area is 297 Å². The van der Waals surface area contributed by atoms with Crippen molar-refractivity contribution in [1.29, 1.82) is 0 Å². The molecule has 7 heteroatoms. The summed E-state index contributed by atoms with van der Waals surface area (Å²) in [6, 6.07) is 18.7. The number of benzene rings is 2. The van der Waals surface area contributed by atoms with Crippen molar-refractivity contribution in [2.75, 3.05) is 0 Å². The number of carbonyl (C=O) groups is 1. The number of aliphatic hydroxyl groups is 1. The zero-order chi connectivity index (χ0) is 32.9. The molecule has 249 valence electrons. The molecule has 0 saturated heterocycles. The predicted molar refractivity (Wildman–Crippen MR) is 195 cm³/mol. The van der Waals surface area contributed by atoms with Gasteiger partial charge in [-0.1, -0.05) is 27.7 Å². The van der Waals surface area contributed by atoms with Gasteiger partial charge in [0.2, 0.25) is 0 Å². The first-order chi connectivity index (χ1) is 22.0. The van der Waals surface area contributed by atoms with Crippen LogP contribution in [0, 0.1) is 30.2 Å². The Bertz CT molecular complexity index is 2220. The molecule has 5 nitrogen and oxygen atoms in total. The van der Waals surface area contributed by atoms with Crippen LogP contribution in [-0.4, -0.2) is 39.2 Å². The summed E-state index contributed by atoms with van der Waals surface area (Å²) >= 11 is 0.320. The number of aromatic nitrogens is 3. The maximum absolute atomic E-state index is 11.7. The van der Waals surface area contributed by atoms with Crippen LogP contribution >= 0.6 is 0 Å². The smallest absolute Gasteiger partial charge is 0 e. The summed E-state index contributed by atoms with van der Waals surface area (Å²) in [5.74, 6) is 0.547. The molecular formula is C40H46IrN3O2Se-. The van der Waals surface area contributed by atoms with Crippen molar-refractivity contribution in [1.82, 2.24) is 13.8 Å². The molecule has 0 aliphatic carbocycles. The number of hydrogen-bond acceptors (Lipinski definition) is 3. The van der Waals surface area contributed by atoms with Crippen molar-refractivity contribution in [2.24, 2.45) is 17.3 Å². The summed E-state index contributed by atoms with van der Waals surface area (Å²) in [4.78, 5) is 16.7. The van der Waals surface area contributed by atoms with E-state index in [1.807, 2.05) is 33.8 Å². The number of allylic oxidation sites excluding steroid dienone is 2. The molecule has 0 spiro atoms. The van der Waals surface area contributed by atoms with E-state index in [1.54, 1.807) is 4.44 Å². The first-order valence-electron chi connectivity index (χ1n) is 16.8. The van der Waals surface area contributed by atoms with Crippen LogP contribution < -0.4 is 0 Å². The van der Waals surface area contributed by atoms with E-state index in [0.29, 0.717) is 14.5 Å². The number of para-hydroxylation sites is 2. The quantitative estimate of drug-likeness (QED) is 0.0716. The molecule has 0 atom stereocenters. The molecule has 47 heavy (non-hydrogen) atoms. The third-order valence-corrected chi connectivity index (χ3v) is 12.3. The number of fused-ring (bicyclic) bond motifs is 8. The molecule has 5 heterocycles. The van der Waals surface area contributed by atoms with E-state index in [0.717, 1.165) is 43.3 Å². The number of hydrogen-bond donors (Lipinski definition) is 1. The van der Waals surface area contributed by atoms with Gasteiger partial charge in [-0.25, -0.2) is 0 Å². The van der Waals surface area contributed by atoms with Crippen molar-refractivity contribution < 1.29 is 30.0 Å². The molecule has 0 bridgehead atoms. The van der Waals surface area contributed by atoms with Crippen molar-refractivity contribution in [3.8, 4) is 0 Å². The fourth-order valence-corrected chi connectivity index (χ4v) is 10.3. The Kier molecular flexibility index (Phi) is 10.4. The van der Waals surface area contributed by atoms with Gasteiger partial charge in [0.25, 0.3) is 0 Å². The summed E-state index contributed by atoms with van der Waals surface area (Å²) < 4.78 is 8.00.